The summed E-state index contributed by atoms with van der Waals surface area (Å²) in [5, 5.41) is 28.3. The van der Waals surface area contributed by atoms with Crippen LogP contribution in [0.4, 0.5) is 0 Å². The van der Waals surface area contributed by atoms with Crippen molar-refractivity contribution < 1.29 is 39.1 Å². The molecule has 0 fully saturated rings. The van der Waals surface area contributed by atoms with E-state index in [1.165, 1.54) is 11.1 Å². The van der Waals surface area contributed by atoms with Crippen LogP contribution in [0.1, 0.15) is 35.6 Å². The van der Waals surface area contributed by atoms with E-state index in [9.17, 15) is 5.11 Å². The van der Waals surface area contributed by atoms with E-state index in [1.54, 1.807) is 14.2 Å². The number of ether oxygens (including phenoxy) is 3. The number of aliphatic hydroxyl groups excluding tert-OH is 1. The second-order valence-corrected chi connectivity index (χ2v) is 7.82. The van der Waals surface area contributed by atoms with Gasteiger partial charge < -0.3 is 34.8 Å². The predicted octanol–water partition coefficient (Wildman–Crippen LogP) is 2.45. The lowest BCUT2D eigenvalue weighted by molar-refractivity contribution is -0.159. The third-order valence-electron chi connectivity index (χ3n) is 5.41. The molecule has 3 rings (SSSR count). The van der Waals surface area contributed by atoms with Crippen LogP contribution in [0.15, 0.2) is 42.5 Å². The smallest absolute Gasteiger partial charge is 0.414 e. The molecule has 0 spiro atoms. The highest BCUT2D eigenvalue weighted by atomic mass is 16.5. The summed E-state index contributed by atoms with van der Waals surface area (Å²) in [5.41, 5.74) is 3.82. The van der Waals surface area contributed by atoms with Crippen LogP contribution in [0, 0.1) is 0 Å². The molecule has 0 saturated carbocycles. The fourth-order valence-corrected chi connectivity index (χ4v) is 3.71. The van der Waals surface area contributed by atoms with Crippen LogP contribution in [0.2, 0.25) is 0 Å². The van der Waals surface area contributed by atoms with Gasteiger partial charge in [-0.15, -0.1) is 0 Å². The van der Waals surface area contributed by atoms with Gasteiger partial charge in [0.15, 0.2) is 11.5 Å². The highest BCUT2D eigenvalue weighted by Crippen LogP contribution is 2.32. The van der Waals surface area contributed by atoms with Gasteiger partial charge in [-0.3, -0.25) is 0 Å². The third-order valence-corrected chi connectivity index (χ3v) is 5.41. The normalized spacial score (nSPS) is 15.3. The summed E-state index contributed by atoms with van der Waals surface area (Å²) in [5.74, 6) is -2.18. The van der Waals surface area contributed by atoms with Crippen LogP contribution < -0.4 is 14.8 Å². The number of aryl methyl sites for hydroxylation is 1. The second-order valence-electron chi connectivity index (χ2n) is 7.82. The first kappa shape index (κ1) is 27.1. The zero-order chi connectivity index (χ0) is 24.9. The third kappa shape index (κ3) is 8.66. The second kappa shape index (κ2) is 14.2. The molecule has 2 aromatic carbocycles. The molecule has 2 unspecified atom stereocenters. The molecule has 186 valence electrons. The molecule has 34 heavy (non-hydrogen) atoms. The molecule has 1 aliphatic carbocycles. The molecule has 2 atom stereocenters. The Balaban J connectivity index is 0.000000604. The van der Waals surface area contributed by atoms with E-state index < -0.39 is 18.0 Å². The zero-order valence-corrected chi connectivity index (χ0v) is 19.5. The van der Waals surface area contributed by atoms with Crippen LogP contribution in [0.25, 0.3) is 0 Å². The molecule has 2 aromatic rings. The molecule has 0 amide bonds. The maximum atomic E-state index is 10.3. The fourth-order valence-electron chi connectivity index (χ4n) is 3.71. The number of nitrogens with one attached hydrogen (secondary N) is 1. The van der Waals surface area contributed by atoms with E-state index in [0.717, 1.165) is 49.3 Å². The van der Waals surface area contributed by atoms with Crippen molar-refractivity contribution in [2.75, 3.05) is 33.9 Å². The minimum Gasteiger partial charge on any atom is -0.493 e. The molecule has 4 N–H and O–H groups in total. The highest BCUT2D eigenvalue weighted by Gasteiger charge is 2.21. The number of methoxy groups -OCH3 is 2. The lowest BCUT2D eigenvalue weighted by Gasteiger charge is -2.26. The average molecular weight is 476 g/mol. The van der Waals surface area contributed by atoms with Gasteiger partial charge in [-0.1, -0.05) is 30.3 Å². The van der Waals surface area contributed by atoms with Crippen LogP contribution in [0.3, 0.4) is 0 Å². The summed E-state index contributed by atoms with van der Waals surface area (Å²) < 4.78 is 16.6. The van der Waals surface area contributed by atoms with Gasteiger partial charge in [-0.25, -0.2) is 9.59 Å². The lowest BCUT2D eigenvalue weighted by Crippen LogP contribution is -2.32. The summed E-state index contributed by atoms with van der Waals surface area (Å²) in [7, 11) is 3.27. The Morgan fingerprint density at radius 3 is 2.44 bits per heavy atom. The Labute approximate surface area is 199 Å². The van der Waals surface area contributed by atoms with Gasteiger partial charge in [0.1, 0.15) is 0 Å². The zero-order valence-electron chi connectivity index (χ0n) is 19.5. The number of fused-ring (bicyclic) bond motifs is 1. The quantitative estimate of drug-likeness (QED) is 0.302. The topological polar surface area (TPSA) is 135 Å². The van der Waals surface area contributed by atoms with E-state index in [0.29, 0.717) is 13.2 Å². The van der Waals surface area contributed by atoms with E-state index in [4.69, 9.17) is 34.0 Å². The molecule has 0 saturated heterocycles. The Morgan fingerprint density at radius 1 is 1.06 bits per heavy atom. The van der Waals surface area contributed by atoms with Crippen LogP contribution in [-0.4, -0.2) is 67.3 Å². The van der Waals surface area contributed by atoms with Crippen molar-refractivity contribution in [3.63, 3.8) is 0 Å². The van der Waals surface area contributed by atoms with Crippen molar-refractivity contribution in [1.82, 2.24) is 5.32 Å². The van der Waals surface area contributed by atoms with Crippen molar-refractivity contribution in [3.05, 3.63) is 59.2 Å². The molecular formula is C25H33NO8. The summed E-state index contributed by atoms with van der Waals surface area (Å²) >= 11 is 0. The minimum atomic E-state index is -1.82. The van der Waals surface area contributed by atoms with Crippen molar-refractivity contribution in [3.8, 4) is 11.5 Å². The molecule has 0 aromatic heterocycles. The molecule has 9 heteroatoms. The summed E-state index contributed by atoms with van der Waals surface area (Å²) in [6.07, 6.45) is 3.73. The number of hydrogen-bond acceptors (Lipinski definition) is 7. The first-order valence-electron chi connectivity index (χ1n) is 11.1. The number of carboxylic acids is 2. The number of rotatable bonds is 10. The Hall–Kier alpha value is -3.14. The van der Waals surface area contributed by atoms with Crippen molar-refractivity contribution >= 4 is 11.9 Å². The van der Waals surface area contributed by atoms with Crippen LogP contribution in [-0.2, 0) is 27.2 Å². The van der Waals surface area contributed by atoms with E-state index >= 15 is 0 Å². The maximum Gasteiger partial charge on any atom is 0.414 e. The van der Waals surface area contributed by atoms with E-state index in [-0.39, 0.29) is 6.10 Å². The fraction of sp³-hybridized carbons (Fsp3) is 0.440. The SMILES string of the molecule is COc1ccc(CCNCC(O)COC2CCCc3ccccc32)cc1OC.O=C(O)C(=O)O. The van der Waals surface area contributed by atoms with Crippen LogP contribution >= 0.6 is 0 Å². The molecule has 0 radical (unpaired) electrons. The predicted molar refractivity (Wildman–Crippen MR) is 125 cm³/mol. The van der Waals surface area contributed by atoms with Gasteiger partial charge >= 0.3 is 11.9 Å². The standard InChI is InChI=1S/C23H31NO4.C2H2O4/c1-26-22-11-10-17(14-23(22)27-2)12-13-24-15-19(25)16-28-21-9-5-7-18-6-3-4-8-20(18)21;3-1(4)2(5)6/h3-4,6,8,10-11,14,19,21,24-25H,5,7,9,12-13,15-16H2,1-2H3;(H,3,4)(H,5,6). The van der Waals surface area contributed by atoms with Gasteiger partial charge in [-0.2, -0.15) is 0 Å². The van der Waals surface area contributed by atoms with Crippen molar-refractivity contribution in [1.29, 1.82) is 0 Å². The number of carbonyl (C=O) groups is 2. The summed E-state index contributed by atoms with van der Waals surface area (Å²) in [6.45, 7) is 1.64. The molecule has 9 nitrogen and oxygen atoms in total. The van der Waals surface area contributed by atoms with E-state index in [2.05, 4.69) is 29.6 Å². The molecule has 1 aliphatic rings. The van der Waals surface area contributed by atoms with Gasteiger partial charge in [-0.05, 0) is 61.1 Å². The summed E-state index contributed by atoms with van der Waals surface area (Å²) in [4.78, 5) is 18.2. The molecule has 0 heterocycles. The Bertz CT molecular complexity index is 921. The lowest BCUT2D eigenvalue weighted by atomic mass is 9.89. The van der Waals surface area contributed by atoms with Crippen molar-refractivity contribution in [2.24, 2.45) is 0 Å². The monoisotopic (exact) mass is 475 g/mol. The largest absolute Gasteiger partial charge is 0.493 e. The Kier molecular flexibility index (Phi) is 11.3. The van der Waals surface area contributed by atoms with Crippen LogP contribution in [0.5, 0.6) is 11.5 Å². The minimum absolute atomic E-state index is 0.103. The first-order valence-corrected chi connectivity index (χ1v) is 11.1. The maximum absolute atomic E-state index is 10.3. The Morgan fingerprint density at radius 2 is 1.76 bits per heavy atom. The van der Waals surface area contributed by atoms with Gasteiger partial charge in [0.2, 0.25) is 0 Å². The number of benzene rings is 2. The highest BCUT2D eigenvalue weighted by molar-refractivity contribution is 6.27. The van der Waals surface area contributed by atoms with E-state index in [1.807, 2.05) is 18.2 Å². The number of carboxylic acid groups (broad SMARTS) is 2. The average Bonchev–Trinajstić information content (AvgIpc) is 2.85. The molecule has 0 aliphatic heterocycles. The van der Waals surface area contributed by atoms with Gasteiger partial charge in [0.25, 0.3) is 0 Å². The number of aliphatic carboxylic acids is 2. The molecular weight excluding hydrogens is 442 g/mol. The van der Waals surface area contributed by atoms with Gasteiger partial charge in [0.05, 0.1) is 33.0 Å². The number of aliphatic hydroxyl groups is 1. The first-order chi connectivity index (χ1) is 16.3. The molecule has 0 bridgehead atoms. The number of hydrogen-bond donors (Lipinski definition) is 4. The van der Waals surface area contributed by atoms with Crippen molar-refractivity contribution in [2.45, 2.75) is 37.9 Å². The van der Waals surface area contributed by atoms with Gasteiger partial charge in [0, 0.05) is 6.54 Å². The summed E-state index contributed by atoms with van der Waals surface area (Å²) in [6, 6.07) is 14.4.